The fourth-order valence-electron chi connectivity index (χ4n) is 0.927. The molecule has 12 heavy (non-hydrogen) atoms. The smallest absolute Gasteiger partial charge is 0.261 e. The average Bonchev–Trinajstić information content (AvgIpc) is 2.58. The fourth-order valence-corrected chi connectivity index (χ4v) is 1.58. The lowest BCUT2D eigenvalue weighted by atomic mass is 10.3. The molecule has 1 aromatic rings. The van der Waals surface area contributed by atoms with Crippen LogP contribution in [-0.2, 0) is 9.59 Å². The monoisotopic (exact) mass is 180 g/mol. The van der Waals surface area contributed by atoms with Gasteiger partial charge in [-0.05, 0) is 0 Å². The van der Waals surface area contributed by atoms with E-state index >= 15 is 0 Å². The molecule has 0 bridgehead atoms. The quantitative estimate of drug-likeness (QED) is 0.627. The van der Waals surface area contributed by atoms with Crippen LogP contribution in [0.25, 0.3) is 5.57 Å². The van der Waals surface area contributed by atoms with Crippen LogP contribution >= 0.6 is 11.3 Å². The number of hydrogen-bond donors (Lipinski definition) is 1. The lowest BCUT2D eigenvalue weighted by molar-refractivity contribution is -0.123. The number of carbonyl (C=O) groups excluding carboxylic acids is 2. The van der Waals surface area contributed by atoms with Crippen molar-refractivity contribution in [2.45, 2.75) is 0 Å². The van der Waals surface area contributed by atoms with Gasteiger partial charge < -0.3 is 0 Å². The Bertz CT molecular complexity index is 367. The number of amides is 2. The summed E-state index contributed by atoms with van der Waals surface area (Å²) in [5.41, 5.74) is 0.356. The van der Waals surface area contributed by atoms with Crippen LogP contribution in [0.5, 0.6) is 0 Å². The standard InChI is InChI=1S/C7H4N2O2S/c10-5-3-4(6(11)9-5)7-8-1-2-12-7/h1-3H,(H,9,10,11). The molecule has 0 saturated heterocycles. The minimum Gasteiger partial charge on any atom is -0.289 e. The first-order valence-corrected chi connectivity index (χ1v) is 4.12. The van der Waals surface area contributed by atoms with Gasteiger partial charge in [-0.25, -0.2) is 4.98 Å². The molecule has 4 nitrogen and oxygen atoms in total. The third-order valence-electron chi connectivity index (χ3n) is 1.42. The van der Waals surface area contributed by atoms with Gasteiger partial charge in [-0.15, -0.1) is 11.3 Å². The molecule has 0 fully saturated rings. The largest absolute Gasteiger partial charge is 0.289 e. The van der Waals surface area contributed by atoms with E-state index in [1.807, 2.05) is 0 Å². The summed E-state index contributed by atoms with van der Waals surface area (Å²) in [4.78, 5) is 25.7. The maximum Gasteiger partial charge on any atom is 0.261 e. The van der Waals surface area contributed by atoms with E-state index in [0.29, 0.717) is 10.6 Å². The van der Waals surface area contributed by atoms with Crippen molar-refractivity contribution in [3.63, 3.8) is 0 Å². The first kappa shape index (κ1) is 7.17. The molecule has 1 aromatic heterocycles. The van der Waals surface area contributed by atoms with E-state index in [0.717, 1.165) is 0 Å². The van der Waals surface area contributed by atoms with Gasteiger partial charge in [0.2, 0.25) is 0 Å². The summed E-state index contributed by atoms with van der Waals surface area (Å²) in [5.74, 6) is -0.736. The van der Waals surface area contributed by atoms with Gasteiger partial charge >= 0.3 is 0 Å². The minimum atomic E-state index is -0.370. The molecule has 0 radical (unpaired) electrons. The number of imide groups is 1. The number of carbonyl (C=O) groups is 2. The van der Waals surface area contributed by atoms with E-state index in [1.165, 1.54) is 17.4 Å². The Morgan fingerprint density at radius 1 is 1.42 bits per heavy atom. The van der Waals surface area contributed by atoms with Gasteiger partial charge in [0.15, 0.2) is 0 Å². The average molecular weight is 180 g/mol. The van der Waals surface area contributed by atoms with E-state index in [9.17, 15) is 9.59 Å². The SMILES string of the molecule is O=C1C=C(c2nccs2)C(=O)N1. The van der Waals surface area contributed by atoms with Gasteiger partial charge in [-0.2, -0.15) is 0 Å². The Morgan fingerprint density at radius 3 is 2.75 bits per heavy atom. The summed E-state index contributed by atoms with van der Waals surface area (Å²) in [6.07, 6.45) is 2.86. The van der Waals surface area contributed by atoms with Crippen molar-refractivity contribution in [2.24, 2.45) is 0 Å². The molecule has 0 unspecified atom stereocenters. The van der Waals surface area contributed by atoms with Crippen LogP contribution in [0.1, 0.15) is 5.01 Å². The van der Waals surface area contributed by atoms with Gasteiger partial charge in [0.1, 0.15) is 5.01 Å². The summed E-state index contributed by atoms with van der Waals surface area (Å²) in [5, 5.41) is 4.49. The van der Waals surface area contributed by atoms with Crippen LogP contribution in [0, 0.1) is 0 Å². The fraction of sp³-hybridized carbons (Fsp3) is 0. The van der Waals surface area contributed by atoms with Gasteiger partial charge in [0, 0.05) is 17.7 Å². The van der Waals surface area contributed by atoms with E-state index in [2.05, 4.69) is 10.3 Å². The van der Waals surface area contributed by atoms with Crippen molar-refractivity contribution in [1.82, 2.24) is 10.3 Å². The zero-order valence-corrected chi connectivity index (χ0v) is 6.72. The summed E-state index contributed by atoms with van der Waals surface area (Å²) in [6, 6.07) is 0. The summed E-state index contributed by atoms with van der Waals surface area (Å²) < 4.78 is 0. The van der Waals surface area contributed by atoms with Crippen molar-refractivity contribution in [3.05, 3.63) is 22.7 Å². The van der Waals surface area contributed by atoms with Crippen LogP contribution < -0.4 is 5.32 Å². The number of aromatic nitrogens is 1. The zero-order chi connectivity index (χ0) is 8.55. The number of thiazole rings is 1. The Kier molecular flexibility index (Phi) is 1.51. The van der Waals surface area contributed by atoms with E-state index in [-0.39, 0.29) is 11.8 Å². The highest BCUT2D eigenvalue weighted by atomic mass is 32.1. The normalized spacial score (nSPS) is 16.2. The van der Waals surface area contributed by atoms with Crippen LogP contribution in [0.15, 0.2) is 17.7 Å². The van der Waals surface area contributed by atoms with E-state index < -0.39 is 0 Å². The molecule has 5 heteroatoms. The second-order valence-electron chi connectivity index (χ2n) is 2.21. The molecule has 1 aliphatic heterocycles. The maximum absolute atomic E-state index is 11.0. The topological polar surface area (TPSA) is 59.1 Å². The molecule has 2 rings (SSSR count). The number of rotatable bonds is 1. The van der Waals surface area contributed by atoms with Crippen molar-refractivity contribution < 1.29 is 9.59 Å². The van der Waals surface area contributed by atoms with Gasteiger partial charge in [0.05, 0.1) is 5.57 Å². The minimum absolute atomic E-state index is 0.356. The summed E-state index contributed by atoms with van der Waals surface area (Å²) in [6.45, 7) is 0. The molecule has 2 heterocycles. The number of nitrogens with one attached hydrogen (secondary N) is 1. The molecule has 60 valence electrons. The molecule has 1 N–H and O–H groups in total. The first-order chi connectivity index (χ1) is 5.77. The van der Waals surface area contributed by atoms with E-state index in [1.54, 1.807) is 11.6 Å². The van der Waals surface area contributed by atoms with Gasteiger partial charge in [-0.3, -0.25) is 14.9 Å². The highest BCUT2D eigenvalue weighted by molar-refractivity contribution is 7.11. The predicted octanol–water partition coefficient (Wildman–Crippen LogP) is 0.183. The summed E-state index contributed by atoms with van der Waals surface area (Å²) in [7, 11) is 0. The lowest BCUT2D eigenvalue weighted by Gasteiger charge is -1.91. The molecule has 0 saturated carbocycles. The molecular weight excluding hydrogens is 176 g/mol. The highest BCUT2D eigenvalue weighted by Crippen LogP contribution is 2.19. The predicted molar refractivity (Wildman–Crippen MR) is 43.2 cm³/mol. The van der Waals surface area contributed by atoms with E-state index in [4.69, 9.17) is 0 Å². The van der Waals surface area contributed by atoms with Crippen molar-refractivity contribution >= 4 is 28.7 Å². The van der Waals surface area contributed by atoms with Crippen molar-refractivity contribution in [2.75, 3.05) is 0 Å². The lowest BCUT2D eigenvalue weighted by Crippen LogP contribution is -2.21. The Morgan fingerprint density at radius 2 is 2.25 bits per heavy atom. The second kappa shape index (κ2) is 2.53. The Labute approximate surface area is 71.9 Å². The maximum atomic E-state index is 11.0. The van der Waals surface area contributed by atoms with Gasteiger partial charge in [-0.1, -0.05) is 0 Å². The van der Waals surface area contributed by atoms with Crippen LogP contribution in [0.2, 0.25) is 0 Å². The second-order valence-corrected chi connectivity index (χ2v) is 3.11. The van der Waals surface area contributed by atoms with Crippen molar-refractivity contribution in [3.8, 4) is 0 Å². The molecule has 1 aliphatic rings. The number of nitrogens with zero attached hydrogens (tertiary/aromatic N) is 1. The molecule has 0 atom stereocenters. The highest BCUT2D eigenvalue weighted by Gasteiger charge is 2.23. The Hall–Kier alpha value is -1.49. The summed E-state index contributed by atoms with van der Waals surface area (Å²) >= 11 is 1.33. The third kappa shape index (κ3) is 1.04. The molecule has 0 aromatic carbocycles. The van der Waals surface area contributed by atoms with Gasteiger partial charge in [0.25, 0.3) is 11.8 Å². The Balaban J connectivity index is 2.43. The molecule has 0 aliphatic carbocycles. The molecular formula is C7H4N2O2S. The van der Waals surface area contributed by atoms with Crippen LogP contribution in [0.4, 0.5) is 0 Å². The van der Waals surface area contributed by atoms with Crippen molar-refractivity contribution in [1.29, 1.82) is 0 Å². The molecule has 2 amide bonds. The zero-order valence-electron chi connectivity index (χ0n) is 5.90. The first-order valence-electron chi connectivity index (χ1n) is 3.24. The number of hydrogen-bond acceptors (Lipinski definition) is 4. The molecule has 0 spiro atoms. The van der Waals surface area contributed by atoms with Crippen LogP contribution in [-0.4, -0.2) is 16.8 Å². The van der Waals surface area contributed by atoms with Crippen LogP contribution in [0.3, 0.4) is 0 Å². The third-order valence-corrected chi connectivity index (χ3v) is 2.23.